The molecule has 0 aliphatic carbocycles. The van der Waals surface area contributed by atoms with Crippen LogP contribution in [-0.2, 0) is 21.3 Å². The Labute approximate surface area is 238 Å². The van der Waals surface area contributed by atoms with E-state index in [0.29, 0.717) is 38.4 Å². The van der Waals surface area contributed by atoms with Gasteiger partial charge in [-0.2, -0.15) is 13.2 Å². The molecule has 1 saturated heterocycles. The molecule has 2 heterocycles. The first-order chi connectivity index (χ1) is 19.4. The number of pyridine rings is 1. The fraction of sp³-hybridized carbons (Fsp3) is 0.375. The average molecular weight is 566 g/mol. The van der Waals surface area contributed by atoms with Crippen LogP contribution in [0.3, 0.4) is 0 Å². The molecule has 1 unspecified atom stereocenters. The third kappa shape index (κ3) is 7.26. The molecule has 1 atom stereocenters. The van der Waals surface area contributed by atoms with Gasteiger partial charge in [-0.3, -0.25) is 9.78 Å². The van der Waals surface area contributed by atoms with Crippen LogP contribution in [0.2, 0.25) is 0 Å². The van der Waals surface area contributed by atoms with Crippen LogP contribution in [0.5, 0.6) is 0 Å². The number of anilines is 2. The number of aryl methyl sites for hydroxylation is 1. The van der Waals surface area contributed by atoms with E-state index in [-0.39, 0.29) is 11.7 Å². The topological polar surface area (TPSA) is 63.7 Å². The van der Waals surface area contributed by atoms with Gasteiger partial charge in [-0.1, -0.05) is 12.1 Å². The number of nitrogens with one attached hydrogen (secondary N) is 1. The molecule has 3 aromatic rings. The van der Waals surface area contributed by atoms with Crippen LogP contribution in [0.25, 0.3) is 11.1 Å². The van der Waals surface area contributed by atoms with E-state index in [1.165, 1.54) is 12.1 Å². The first-order valence-corrected chi connectivity index (χ1v) is 13.4. The number of carbonyl (C=O) groups excluding carboxylic acids is 1. The van der Waals surface area contributed by atoms with Crippen molar-refractivity contribution in [2.75, 3.05) is 36.5 Å². The zero-order valence-corrected chi connectivity index (χ0v) is 23.6. The lowest BCUT2D eigenvalue weighted by atomic mass is 9.96. The van der Waals surface area contributed by atoms with Crippen molar-refractivity contribution in [1.82, 2.24) is 4.98 Å². The Morgan fingerprint density at radius 3 is 2.59 bits per heavy atom. The van der Waals surface area contributed by atoms with Crippen LogP contribution in [0.4, 0.5) is 24.5 Å². The third-order valence-electron chi connectivity index (χ3n) is 6.95. The summed E-state index contributed by atoms with van der Waals surface area (Å²) < 4.78 is 51.3. The van der Waals surface area contributed by atoms with Gasteiger partial charge in [0.1, 0.15) is 5.60 Å². The van der Waals surface area contributed by atoms with Crippen molar-refractivity contribution >= 4 is 17.3 Å². The minimum absolute atomic E-state index is 0.0798. The van der Waals surface area contributed by atoms with Crippen LogP contribution in [0.1, 0.15) is 54.4 Å². The fourth-order valence-corrected chi connectivity index (χ4v) is 4.93. The van der Waals surface area contributed by atoms with Gasteiger partial charge in [0, 0.05) is 42.5 Å². The van der Waals surface area contributed by atoms with Crippen molar-refractivity contribution in [3.8, 4) is 23.5 Å². The minimum atomic E-state index is -4.54. The quantitative estimate of drug-likeness (QED) is 0.304. The van der Waals surface area contributed by atoms with Crippen LogP contribution in [0.15, 0.2) is 54.7 Å². The van der Waals surface area contributed by atoms with Gasteiger partial charge in [0.2, 0.25) is 0 Å². The minimum Gasteiger partial charge on any atom is -0.378 e. The van der Waals surface area contributed by atoms with Gasteiger partial charge in [0.15, 0.2) is 0 Å². The van der Waals surface area contributed by atoms with E-state index in [2.05, 4.69) is 22.2 Å². The second kappa shape index (κ2) is 12.3. The summed E-state index contributed by atoms with van der Waals surface area (Å²) in [5.74, 6) is 2.01. The zero-order valence-electron chi connectivity index (χ0n) is 23.6. The van der Waals surface area contributed by atoms with Crippen molar-refractivity contribution in [2.45, 2.75) is 52.0 Å². The number of nitrogens with zero attached hydrogens (tertiary/aromatic N) is 2. The molecule has 1 N–H and O–H groups in total. The average Bonchev–Trinajstić information content (AvgIpc) is 2.93. The molecule has 6 nitrogen and oxygen atoms in total. The molecule has 1 aliphatic rings. The lowest BCUT2D eigenvalue weighted by molar-refractivity contribution is -0.137. The van der Waals surface area contributed by atoms with Crippen molar-refractivity contribution in [2.24, 2.45) is 0 Å². The highest BCUT2D eigenvalue weighted by Crippen LogP contribution is 2.37. The molecule has 1 amide bonds. The normalized spacial score (nSPS) is 14.8. The Morgan fingerprint density at radius 2 is 1.90 bits per heavy atom. The third-order valence-corrected chi connectivity index (χ3v) is 6.95. The van der Waals surface area contributed by atoms with Crippen LogP contribution < -0.4 is 10.2 Å². The highest BCUT2D eigenvalue weighted by molar-refractivity contribution is 6.04. The molecule has 1 aromatic heterocycles. The van der Waals surface area contributed by atoms with Crippen molar-refractivity contribution < 1.29 is 27.4 Å². The number of hydrogen-bond donors (Lipinski definition) is 1. The number of ether oxygens (including phenoxy) is 2. The molecule has 0 saturated carbocycles. The molecule has 41 heavy (non-hydrogen) atoms. The maximum absolute atomic E-state index is 13.1. The molecule has 0 bridgehead atoms. The van der Waals surface area contributed by atoms with E-state index in [1.54, 1.807) is 18.3 Å². The van der Waals surface area contributed by atoms with Gasteiger partial charge in [-0.15, -0.1) is 12.3 Å². The lowest BCUT2D eigenvalue weighted by Gasteiger charge is -2.35. The van der Waals surface area contributed by atoms with E-state index in [9.17, 15) is 18.0 Å². The molecular weight excluding hydrogens is 531 g/mol. The van der Waals surface area contributed by atoms with Gasteiger partial charge in [-0.05, 0) is 75.2 Å². The van der Waals surface area contributed by atoms with Gasteiger partial charge in [0.05, 0.1) is 36.3 Å². The van der Waals surface area contributed by atoms with Gasteiger partial charge in [0.25, 0.3) is 5.91 Å². The van der Waals surface area contributed by atoms with Crippen LogP contribution in [-0.4, -0.2) is 43.3 Å². The smallest absolute Gasteiger partial charge is 0.378 e. The Kier molecular flexibility index (Phi) is 9.05. The second-order valence-corrected chi connectivity index (χ2v) is 10.6. The first kappa shape index (κ1) is 30.1. The largest absolute Gasteiger partial charge is 0.416 e. The second-order valence-electron chi connectivity index (χ2n) is 10.6. The first-order valence-electron chi connectivity index (χ1n) is 13.4. The molecule has 1 fully saturated rings. The Bertz CT molecular complexity index is 1440. The summed E-state index contributed by atoms with van der Waals surface area (Å²) in [6, 6.07) is 11.8. The van der Waals surface area contributed by atoms with E-state index in [1.807, 2.05) is 33.8 Å². The molecule has 9 heteroatoms. The maximum Gasteiger partial charge on any atom is 0.416 e. The summed E-state index contributed by atoms with van der Waals surface area (Å²) in [6.07, 6.45) is 3.05. The Hall–Kier alpha value is -3.87. The molecule has 0 spiro atoms. The number of amides is 1. The molecule has 216 valence electrons. The molecule has 0 radical (unpaired) electrons. The number of rotatable bonds is 8. The molecule has 4 rings (SSSR count). The number of aromatic nitrogens is 1. The Balaban J connectivity index is 1.68. The monoisotopic (exact) mass is 565 g/mol. The van der Waals surface area contributed by atoms with E-state index < -0.39 is 23.2 Å². The number of terminal acetylenes is 1. The summed E-state index contributed by atoms with van der Waals surface area (Å²) in [5, 5.41) is 2.73. The number of hydrogen-bond acceptors (Lipinski definition) is 5. The summed E-state index contributed by atoms with van der Waals surface area (Å²) >= 11 is 0. The molecular formula is C32H34F3N3O3. The SMILES string of the molecule is C#CCC(C)OC(C)(C)c1ncc(-c2cc(NC(=O)c3cccc(C(F)(F)F)c3)ccc2C)cc1N1CCOCC1. The van der Waals surface area contributed by atoms with E-state index >= 15 is 0 Å². The molecule has 1 aliphatic heterocycles. The van der Waals surface area contributed by atoms with Crippen LogP contribution >= 0.6 is 0 Å². The maximum atomic E-state index is 13.1. The van der Waals surface area contributed by atoms with Crippen molar-refractivity contribution in [1.29, 1.82) is 0 Å². The van der Waals surface area contributed by atoms with E-state index in [4.69, 9.17) is 20.9 Å². The number of halogens is 3. The van der Waals surface area contributed by atoms with Gasteiger partial charge in [-0.25, -0.2) is 0 Å². The number of carbonyl (C=O) groups is 1. The predicted molar refractivity (Wildman–Crippen MR) is 154 cm³/mol. The lowest BCUT2D eigenvalue weighted by Crippen LogP contribution is -2.39. The molecule has 2 aromatic carbocycles. The zero-order chi connectivity index (χ0) is 29.8. The number of morpholine rings is 1. The highest BCUT2D eigenvalue weighted by Gasteiger charge is 2.32. The summed E-state index contributed by atoms with van der Waals surface area (Å²) in [6.45, 7) is 10.4. The van der Waals surface area contributed by atoms with Crippen LogP contribution in [0, 0.1) is 19.3 Å². The Morgan fingerprint density at radius 1 is 1.17 bits per heavy atom. The van der Waals surface area contributed by atoms with E-state index in [0.717, 1.165) is 40.2 Å². The van der Waals surface area contributed by atoms with Crippen molar-refractivity contribution in [3.63, 3.8) is 0 Å². The summed E-state index contributed by atoms with van der Waals surface area (Å²) in [4.78, 5) is 19.9. The highest BCUT2D eigenvalue weighted by atomic mass is 19.4. The fourth-order valence-electron chi connectivity index (χ4n) is 4.93. The summed E-state index contributed by atoms with van der Waals surface area (Å²) in [7, 11) is 0. The van der Waals surface area contributed by atoms with Gasteiger partial charge >= 0.3 is 6.18 Å². The standard InChI is InChI=1S/C32H34F3N3O3/c1-6-8-22(3)41-31(4,5)29-28(38-13-15-40-16-14-38)18-24(20-36-29)27-19-26(12-11-21(27)2)37-30(39)23-9-7-10-25(17-23)32(33,34)35/h1,7,9-12,17-20,22H,8,13-16H2,2-5H3,(H,37,39). The number of alkyl halides is 3. The van der Waals surface area contributed by atoms with Gasteiger partial charge < -0.3 is 19.7 Å². The summed E-state index contributed by atoms with van der Waals surface area (Å²) in [5.41, 5.74) is 3.08. The predicted octanol–water partition coefficient (Wildman–Crippen LogP) is 6.83. The van der Waals surface area contributed by atoms with Crippen molar-refractivity contribution in [3.05, 3.63) is 77.1 Å². The number of benzene rings is 2.